The number of aromatic nitrogens is 2. The topological polar surface area (TPSA) is 52.2 Å². The summed E-state index contributed by atoms with van der Waals surface area (Å²) in [6.07, 6.45) is 3.57. The molecule has 1 aromatic heterocycles. The van der Waals surface area contributed by atoms with Gasteiger partial charge in [0.1, 0.15) is 5.69 Å². The van der Waals surface area contributed by atoms with E-state index in [1.165, 1.54) is 0 Å². The van der Waals surface area contributed by atoms with E-state index >= 15 is 0 Å². The Balaban J connectivity index is 2.19. The fraction of sp³-hybridized carbons (Fsp3) is 0.733. The van der Waals surface area contributed by atoms with Crippen LogP contribution in [0, 0.1) is 0 Å². The van der Waals surface area contributed by atoms with Crippen LogP contribution in [0.25, 0.3) is 0 Å². The number of rotatable bonds is 2. The van der Waals surface area contributed by atoms with Crippen LogP contribution in [0.2, 0.25) is 0 Å². The van der Waals surface area contributed by atoms with Gasteiger partial charge >= 0.3 is 0 Å². The average Bonchev–Trinajstić information content (AvgIpc) is 2.87. The molecule has 0 spiro atoms. The highest BCUT2D eigenvalue weighted by Gasteiger charge is 2.44. The van der Waals surface area contributed by atoms with E-state index < -0.39 is 0 Å². The zero-order valence-electron chi connectivity index (χ0n) is 13.4. The Morgan fingerprint density at radius 3 is 2.35 bits per heavy atom. The lowest BCUT2D eigenvalue weighted by Gasteiger charge is -2.55. The zero-order valence-corrected chi connectivity index (χ0v) is 13.4. The van der Waals surface area contributed by atoms with E-state index in [2.05, 4.69) is 49.8 Å². The highest BCUT2D eigenvalue weighted by atomic mass is 16.2. The second kappa shape index (κ2) is 4.88. The van der Waals surface area contributed by atoms with Crippen molar-refractivity contribution in [3.8, 4) is 0 Å². The lowest BCUT2D eigenvalue weighted by Crippen LogP contribution is -2.62. The number of amides is 1. The van der Waals surface area contributed by atoms with Gasteiger partial charge in [-0.15, -0.1) is 0 Å². The molecule has 1 aliphatic rings. The second-order valence-electron chi connectivity index (χ2n) is 7.13. The van der Waals surface area contributed by atoms with Gasteiger partial charge in [-0.25, -0.2) is 0 Å². The Labute approximate surface area is 121 Å². The number of carbonyl (C=O) groups is 1. The van der Waals surface area contributed by atoms with Crippen LogP contribution in [-0.4, -0.2) is 57.1 Å². The fourth-order valence-corrected chi connectivity index (χ4v) is 3.32. The maximum Gasteiger partial charge on any atom is 0.271 e. The lowest BCUT2D eigenvalue weighted by atomic mass is 9.77. The quantitative estimate of drug-likeness (QED) is 0.901. The minimum absolute atomic E-state index is 0.0173. The summed E-state index contributed by atoms with van der Waals surface area (Å²) in [7, 11) is 4.07. The van der Waals surface area contributed by atoms with Crippen LogP contribution in [0.5, 0.6) is 0 Å². The van der Waals surface area contributed by atoms with Crippen LogP contribution in [0.3, 0.4) is 0 Å². The van der Waals surface area contributed by atoms with Crippen molar-refractivity contribution in [2.24, 2.45) is 0 Å². The van der Waals surface area contributed by atoms with Crippen molar-refractivity contribution in [1.82, 2.24) is 20.0 Å². The number of aromatic amines is 1. The summed E-state index contributed by atoms with van der Waals surface area (Å²) in [5, 5.41) is 6.61. The van der Waals surface area contributed by atoms with Crippen molar-refractivity contribution in [3.05, 3.63) is 18.0 Å². The van der Waals surface area contributed by atoms with Gasteiger partial charge in [0.15, 0.2) is 0 Å². The van der Waals surface area contributed by atoms with E-state index in [0.717, 1.165) is 12.8 Å². The fourth-order valence-electron chi connectivity index (χ4n) is 3.32. The third-order valence-corrected chi connectivity index (χ3v) is 4.89. The van der Waals surface area contributed by atoms with Crippen LogP contribution in [0.1, 0.15) is 51.0 Å². The first-order chi connectivity index (χ1) is 9.15. The highest BCUT2D eigenvalue weighted by Crippen LogP contribution is 2.38. The summed E-state index contributed by atoms with van der Waals surface area (Å²) in [4.78, 5) is 16.7. The molecule has 20 heavy (non-hydrogen) atoms. The smallest absolute Gasteiger partial charge is 0.271 e. The van der Waals surface area contributed by atoms with Gasteiger partial charge in [0.2, 0.25) is 0 Å². The minimum Gasteiger partial charge on any atom is -0.337 e. The second-order valence-corrected chi connectivity index (χ2v) is 7.13. The van der Waals surface area contributed by atoms with Gasteiger partial charge in [-0.2, -0.15) is 5.10 Å². The number of hydrogen-bond acceptors (Lipinski definition) is 3. The molecule has 0 bridgehead atoms. The third kappa shape index (κ3) is 2.59. The van der Waals surface area contributed by atoms with Crippen LogP contribution in [0.4, 0.5) is 0 Å². The highest BCUT2D eigenvalue weighted by molar-refractivity contribution is 5.92. The average molecular weight is 278 g/mol. The maximum absolute atomic E-state index is 12.4. The van der Waals surface area contributed by atoms with E-state index in [9.17, 15) is 4.79 Å². The molecule has 1 amide bonds. The molecule has 1 N–H and O–H groups in total. The maximum atomic E-state index is 12.4. The molecule has 0 aliphatic carbocycles. The van der Waals surface area contributed by atoms with Crippen LogP contribution in [0.15, 0.2) is 12.3 Å². The number of nitrogens with one attached hydrogen (secondary N) is 1. The van der Waals surface area contributed by atoms with Crippen LogP contribution < -0.4 is 0 Å². The summed E-state index contributed by atoms with van der Waals surface area (Å²) in [6.45, 7) is 8.98. The van der Waals surface area contributed by atoms with E-state index in [0.29, 0.717) is 5.69 Å². The first-order valence-corrected chi connectivity index (χ1v) is 7.15. The largest absolute Gasteiger partial charge is 0.337 e. The molecular formula is C15H26N4O. The van der Waals surface area contributed by atoms with E-state index in [4.69, 9.17) is 0 Å². The Morgan fingerprint density at radius 1 is 1.35 bits per heavy atom. The number of nitrogens with zero attached hydrogens (tertiary/aromatic N) is 3. The van der Waals surface area contributed by atoms with Crippen molar-refractivity contribution in [1.29, 1.82) is 0 Å². The number of carbonyl (C=O) groups excluding carboxylic acids is 1. The van der Waals surface area contributed by atoms with Crippen molar-refractivity contribution in [3.63, 3.8) is 0 Å². The van der Waals surface area contributed by atoms with E-state index in [-0.39, 0.29) is 23.0 Å². The number of piperidine rings is 1. The van der Waals surface area contributed by atoms with Gasteiger partial charge in [-0.1, -0.05) is 0 Å². The molecule has 1 saturated heterocycles. The molecule has 1 aliphatic heterocycles. The molecule has 112 valence electrons. The molecule has 2 heterocycles. The zero-order chi connectivity index (χ0) is 15.1. The SMILES string of the molecule is CN(C(=O)c1ccn[nH]1)C1CC(C)(C)N(C)C(C)(C)C1. The Morgan fingerprint density at radius 2 is 1.90 bits per heavy atom. The van der Waals surface area contributed by atoms with Crippen molar-refractivity contribution >= 4 is 5.91 Å². The summed E-state index contributed by atoms with van der Waals surface area (Å²) in [5.41, 5.74) is 0.714. The predicted octanol–water partition coefficient (Wildman–Crippen LogP) is 2.13. The summed E-state index contributed by atoms with van der Waals surface area (Å²) >= 11 is 0. The van der Waals surface area contributed by atoms with Crippen LogP contribution >= 0.6 is 0 Å². The van der Waals surface area contributed by atoms with Gasteiger partial charge in [-0.3, -0.25) is 14.8 Å². The normalized spacial score (nSPS) is 22.7. The predicted molar refractivity (Wildman–Crippen MR) is 79.6 cm³/mol. The minimum atomic E-state index is 0.0173. The monoisotopic (exact) mass is 278 g/mol. The van der Waals surface area contributed by atoms with E-state index in [1.54, 1.807) is 12.3 Å². The Kier molecular flexibility index (Phi) is 3.67. The summed E-state index contributed by atoms with van der Waals surface area (Å²) < 4.78 is 0. The molecule has 2 rings (SSSR count). The first kappa shape index (κ1) is 15.0. The summed E-state index contributed by atoms with van der Waals surface area (Å²) in [6, 6.07) is 1.97. The van der Waals surface area contributed by atoms with Gasteiger partial charge in [0, 0.05) is 30.4 Å². The Hall–Kier alpha value is -1.36. The summed E-state index contributed by atoms with van der Waals surface area (Å²) in [5.74, 6) is 0.0173. The molecule has 1 aromatic rings. The van der Waals surface area contributed by atoms with Crippen LogP contribution in [-0.2, 0) is 0 Å². The standard InChI is InChI=1S/C15H26N4O/c1-14(2)9-11(10-15(3,4)19(14)6)18(5)13(20)12-7-8-16-17-12/h7-8,11H,9-10H2,1-6H3,(H,16,17). The molecule has 0 unspecified atom stereocenters. The number of hydrogen-bond donors (Lipinski definition) is 1. The van der Waals surface area contributed by atoms with E-state index in [1.807, 2.05) is 11.9 Å². The van der Waals surface area contributed by atoms with Gasteiger partial charge in [0.05, 0.1) is 0 Å². The lowest BCUT2D eigenvalue weighted by molar-refractivity contribution is -0.0377. The molecule has 0 atom stereocenters. The first-order valence-electron chi connectivity index (χ1n) is 7.15. The number of likely N-dealkylation sites (tertiary alicyclic amines) is 1. The van der Waals surface area contributed by atoms with Gasteiger partial charge in [-0.05, 0) is 53.7 Å². The molecule has 1 fully saturated rings. The molecule has 5 heteroatoms. The molecule has 0 aromatic carbocycles. The molecular weight excluding hydrogens is 252 g/mol. The van der Waals surface area contributed by atoms with Crippen molar-refractivity contribution in [2.75, 3.05) is 14.1 Å². The Bertz CT molecular complexity index is 460. The van der Waals surface area contributed by atoms with Gasteiger partial charge < -0.3 is 4.90 Å². The van der Waals surface area contributed by atoms with Crippen molar-refractivity contribution < 1.29 is 4.79 Å². The van der Waals surface area contributed by atoms with Crippen molar-refractivity contribution in [2.45, 2.75) is 57.7 Å². The molecule has 5 nitrogen and oxygen atoms in total. The van der Waals surface area contributed by atoms with Gasteiger partial charge in [0.25, 0.3) is 5.91 Å². The third-order valence-electron chi connectivity index (χ3n) is 4.89. The molecule has 0 radical (unpaired) electrons. The molecule has 0 saturated carbocycles. The number of H-pyrrole nitrogens is 1.